The summed E-state index contributed by atoms with van der Waals surface area (Å²) in [7, 11) is 1.75. The number of likely N-dealkylation sites (tertiary alicyclic amines) is 1. The van der Waals surface area contributed by atoms with Crippen molar-refractivity contribution in [3.63, 3.8) is 0 Å². The molecule has 20 heavy (non-hydrogen) atoms. The van der Waals surface area contributed by atoms with E-state index in [2.05, 4.69) is 17.9 Å². The largest absolute Gasteiger partial charge is 0.496 e. The minimum absolute atomic E-state index is 0.190. The van der Waals surface area contributed by atoms with Gasteiger partial charge in [-0.2, -0.15) is 0 Å². The highest BCUT2D eigenvalue weighted by molar-refractivity contribution is 5.47. The lowest BCUT2D eigenvalue weighted by molar-refractivity contribution is -0.00437. The molecule has 3 heteroatoms. The maximum atomic E-state index is 6.11. The van der Waals surface area contributed by atoms with Crippen LogP contribution in [0.25, 0.3) is 0 Å². The summed E-state index contributed by atoms with van der Waals surface area (Å²) in [6.45, 7) is 5.48. The van der Waals surface area contributed by atoms with Crippen molar-refractivity contribution < 1.29 is 9.47 Å². The first-order chi connectivity index (χ1) is 9.79. The summed E-state index contributed by atoms with van der Waals surface area (Å²) >= 11 is 0. The zero-order valence-electron chi connectivity index (χ0n) is 12.7. The minimum atomic E-state index is 0.190. The third kappa shape index (κ3) is 2.28. The van der Waals surface area contributed by atoms with Crippen molar-refractivity contribution in [2.45, 2.75) is 44.6 Å². The summed E-state index contributed by atoms with van der Waals surface area (Å²) in [6, 6.07) is 6.13. The highest BCUT2D eigenvalue weighted by Gasteiger charge is 2.43. The van der Waals surface area contributed by atoms with Crippen LogP contribution in [0.4, 0.5) is 0 Å². The Hall–Kier alpha value is -1.22. The predicted octanol–water partition coefficient (Wildman–Crippen LogP) is 3.26. The molecule has 0 unspecified atom stereocenters. The number of benzene rings is 1. The molecule has 0 bridgehead atoms. The van der Waals surface area contributed by atoms with E-state index in [0.29, 0.717) is 0 Å². The molecule has 2 aliphatic rings. The molecule has 0 N–H and O–H groups in total. The highest BCUT2D eigenvalue weighted by atomic mass is 16.5. The second kappa shape index (κ2) is 5.65. The van der Waals surface area contributed by atoms with Crippen LogP contribution >= 0.6 is 0 Å². The summed E-state index contributed by atoms with van der Waals surface area (Å²) < 4.78 is 11.7. The fourth-order valence-electron chi connectivity index (χ4n) is 3.77. The lowest BCUT2D eigenvalue weighted by Crippen LogP contribution is -2.58. The summed E-state index contributed by atoms with van der Waals surface area (Å²) in [6.07, 6.45) is 6.14. The Morgan fingerprint density at radius 2 is 2.25 bits per heavy atom. The van der Waals surface area contributed by atoms with Crippen molar-refractivity contribution in [2.75, 3.05) is 26.8 Å². The van der Waals surface area contributed by atoms with Gasteiger partial charge >= 0.3 is 0 Å². The van der Waals surface area contributed by atoms with Gasteiger partial charge < -0.3 is 9.47 Å². The van der Waals surface area contributed by atoms with E-state index in [-0.39, 0.29) is 5.54 Å². The molecule has 0 saturated carbocycles. The average Bonchev–Trinajstić information content (AvgIpc) is 2.49. The first-order valence-electron chi connectivity index (χ1n) is 7.83. The van der Waals surface area contributed by atoms with Crippen LogP contribution in [-0.4, -0.2) is 37.2 Å². The zero-order chi connectivity index (χ0) is 14.0. The van der Waals surface area contributed by atoms with Gasteiger partial charge in [0.2, 0.25) is 0 Å². The number of hydrogen-bond acceptors (Lipinski definition) is 3. The number of ether oxygens (including phenoxy) is 2. The van der Waals surface area contributed by atoms with E-state index >= 15 is 0 Å². The summed E-state index contributed by atoms with van der Waals surface area (Å²) in [5, 5.41) is 0. The van der Waals surface area contributed by atoms with Gasteiger partial charge in [-0.1, -0.05) is 19.4 Å². The van der Waals surface area contributed by atoms with Crippen molar-refractivity contribution in [2.24, 2.45) is 0 Å². The second-order valence-corrected chi connectivity index (χ2v) is 6.07. The van der Waals surface area contributed by atoms with Crippen molar-refractivity contribution in [3.8, 4) is 11.5 Å². The number of nitrogens with zero attached hydrogens (tertiary/aromatic N) is 1. The number of rotatable bonds is 3. The van der Waals surface area contributed by atoms with Gasteiger partial charge in [0.25, 0.3) is 0 Å². The smallest absolute Gasteiger partial charge is 0.126 e. The van der Waals surface area contributed by atoms with Gasteiger partial charge in [-0.25, -0.2) is 0 Å². The monoisotopic (exact) mass is 275 g/mol. The van der Waals surface area contributed by atoms with E-state index in [1.807, 2.05) is 12.1 Å². The fourth-order valence-corrected chi connectivity index (χ4v) is 3.77. The van der Waals surface area contributed by atoms with E-state index in [9.17, 15) is 0 Å². The van der Waals surface area contributed by atoms with E-state index in [1.54, 1.807) is 7.11 Å². The molecule has 0 aromatic heterocycles. The average molecular weight is 275 g/mol. The molecule has 2 aliphatic heterocycles. The van der Waals surface area contributed by atoms with Crippen LogP contribution < -0.4 is 9.47 Å². The van der Waals surface area contributed by atoms with Crippen LogP contribution in [0.1, 0.15) is 38.2 Å². The molecule has 1 aromatic rings. The number of fused-ring (bicyclic) bond motifs is 1. The molecule has 1 saturated heterocycles. The van der Waals surface area contributed by atoms with Crippen LogP contribution in [0.3, 0.4) is 0 Å². The first-order valence-corrected chi connectivity index (χ1v) is 7.83. The first kappa shape index (κ1) is 13.7. The third-order valence-electron chi connectivity index (χ3n) is 4.80. The fraction of sp³-hybridized carbons (Fsp3) is 0.647. The molecule has 0 amide bonds. The molecule has 110 valence electrons. The highest BCUT2D eigenvalue weighted by Crippen LogP contribution is 2.42. The number of piperidine rings is 1. The van der Waals surface area contributed by atoms with E-state index in [1.165, 1.54) is 44.3 Å². The van der Waals surface area contributed by atoms with E-state index in [4.69, 9.17) is 9.47 Å². The van der Waals surface area contributed by atoms with E-state index < -0.39 is 0 Å². The van der Waals surface area contributed by atoms with Crippen molar-refractivity contribution in [3.05, 3.63) is 23.8 Å². The topological polar surface area (TPSA) is 21.7 Å². The van der Waals surface area contributed by atoms with Gasteiger partial charge in [-0.15, -0.1) is 0 Å². The zero-order valence-corrected chi connectivity index (χ0v) is 12.7. The standard InChI is InChI=1S/C17H25NO2/c1-3-10-18-11-5-4-9-17(18)12-14-15(19-2)7-6-8-16(14)20-13-17/h6-8H,3-5,9-13H2,1-2H3/t17-/m0/s1. The van der Waals surface area contributed by atoms with Crippen molar-refractivity contribution >= 4 is 0 Å². The van der Waals surface area contributed by atoms with Crippen LogP contribution in [0.2, 0.25) is 0 Å². The van der Waals surface area contributed by atoms with Gasteiger partial charge in [0.1, 0.15) is 18.1 Å². The molecular formula is C17H25NO2. The molecule has 3 rings (SSSR count). The molecule has 3 nitrogen and oxygen atoms in total. The maximum Gasteiger partial charge on any atom is 0.126 e. The van der Waals surface area contributed by atoms with Gasteiger partial charge in [0, 0.05) is 12.0 Å². The van der Waals surface area contributed by atoms with Crippen LogP contribution in [0, 0.1) is 0 Å². The molecule has 0 radical (unpaired) electrons. The Labute approximate surface area is 121 Å². The minimum Gasteiger partial charge on any atom is -0.496 e. The summed E-state index contributed by atoms with van der Waals surface area (Å²) in [5.74, 6) is 1.99. The maximum absolute atomic E-state index is 6.11. The Morgan fingerprint density at radius 3 is 3.05 bits per heavy atom. The third-order valence-corrected chi connectivity index (χ3v) is 4.80. The summed E-state index contributed by atoms with van der Waals surface area (Å²) in [5.41, 5.74) is 1.44. The van der Waals surface area contributed by atoms with E-state index in [0.717, 1.165) is 24.5 Å². The van der Waals surface area contributed by atoms with Crippen LogP contribution in [0.15, 0.2) is 18.2 Å². The lowest BCUT2D eigenvalue weighted by atomic mass is 9.80. The molecule has 0 aliphatic carbocycles. The van der Waals surface area contributed by atoms with Crippen molar-refractivity contribution in [1.29, 1.82) is 0 Å². The molecular weight excluding hydrogens is 250 g/mol. The van der Waals surface area contributed by atoms with Gasteiger partial charge in [0.15, 0.2) is 0 Å². The quantitative estimate of drug-likeness (QED) is 0.845. The number of hydrogen-bond donors (Lipinski definition) is 0. The van der Waals surface area contributed by atoms with Crippen molar-refractivity contribution in [1.82, 2.24) is 4.90 Å². The summed E-state index contributed by atoms with van der Waals surface area (Å²) in [4.78, 5) is 2.66. The molecule has 2 heterocycles. The predicted molar refractivity (Wildman–Crippen MR) is 80.6 cm³/mol. The van der Waals surface area contributed by atoms with Crippen LogP contribution in [-0.2, 0) is 6.42 Å². The SMILES string of the molecule is CCCN1CCCC[C@]12COc1cccc(OC)c1C2. The Bertz CT molecular complexity index is 458. The normalized spacial score (nSPS) is 26.1. The van der Waals surface area contributed by atoms with Crippen LogP contribution in [0.5, 0.6) is 11.5 Å². The number of methoxy groups -OCH3 is 1. The molecule has 1 atom stereocenters. The van der Waals surface area contributed by atoms with Gasteiger partial charge in [-0.05, 0) is 44.5 Å². The Kier molecular flexibility index (Phi) is 3.88. The molecule has 1 spiro atoms. The molecule has 1 aromatic carbocycles. The Morgan fingerprint density at radius 1 is 1.35 bits per heavy atom. The lowest BCUT2D eigenvalue weighted by Gasteiger charge is -2.49. The Balaban J connectivity index is 1.92. The van der Waals surface area contributed by atoms with Gasteiger partial charge in [0.05, 0.1) is 12.6 Å². The second-order valence-electron chi connectivity index (χ2n) is 6.07. The molecule has 1 fully saturated rings. The van der Waals surface area contributed by atoms with Gasteiger partial charge in [-0.3, -0.25) is 4.90 Å².